The fourth-order valence-corrected chi connectivity index (χ4v) is 2.46. The number of carbonyl (C=O) groups is 1. The third-order valence-corrected chi connectivity index (χ3v) is 3.79. The van der Waals surface area contributed by atoms with E-state index in [1.807, 2.05) is 42.5 Å². The Bertz CT molecular complexity index is 940. The minimum absolute atomic E-state index is 0.274. The van der Waals surface area contributed by atoms with Gasteiger partial charge in [-0.3, -0.25) is 14.9 Å². The summed E-state index contributed by atoms with van der Waals surface area (Å²) in [7, 11) is 0. The molecule has 0 saturated heterocycles. The molecule has 0 heterocycles. The van der Waals surface area contributed by atoms with Crippen LogP contribution < -0.4 is 4.74 Å². The Hall–Kier alpha value is -3.54. The van der Waals surface area contributed by atoms with Gasteiger partial charge in [-0.15, -0.1) is 0 Å². The SMILES string of the molecule is O=C(COc1cc(F)ccc1[N+](=O)[O-])c1ccc(-c2ccccc2)cc1. The van der Waals surface area contributed by atoms with E-state index < -0.39 is 23.0 Å². The maximum atomic E-state index is 13.3. The summed E-state index contributed by atoms with van der Waals surface area (Å²) in [4.78, 5) is 22.5. The standard InChI is InChI=1S/C20H14FNO4/c21-17-10-11-18(22(24)25)20(12-17)26-13-19(23)16-8-6-15(7-9-16)14-4-2-1-3-5-14/h1-12H,13H2. The second-order valence-corrected chi connectivity index (χ2v) is 5.52. The zero-order chi connectivity index (χ0) is 18.5. The van der Waals surface area contributed by atoms with E-state index in [2.05, 4.69) is 0 Å². The van der Waals surface area contributed by atoms with Crippen LogP contribution in [0.4, 0.5) is 10.1 Å². The molecule has 0 fully saturated rings. The number of nitro groups is 1. The van der Waals surface area contributed by atoms with Gasteiger partial charge in [-0.1, -0.05) is 54.6 Å². The minimum Gasteiger partial charge on any atom is -0.478 e. The van der Waals surface area contributed by atoms with Crippen molar-refractivity contribution >= 4 is 11.5 Å². The molecule has 3 rings (SSSR count). The second-order valence-electron chi connectivity index (χ2n) is 5.52. The summed E-state index contributed by atoms with van der Waals surface area (Å²) in [5, 5.41) is 10.9. The number of Topliss-reactive ketones (excluding diaryl/α,β-unsaturated/α-hetero) is 1. The summed E-state index contributed by atoms with van der Waals surface area (Å²) in [6.07, 6.45) is 0. The van der Waals surface area contributed by atoms with Gasteiger partial charge in [0.25, 0.3) is 0 Å². The highest BCUT2D eigenvalue weighted by Crippen LogP contribution is 2.27. The first kappa shape index (κ1) is 17.3. The molecule has 5 nitrogen and oxygen atoms in total. The van der Waals surface area contributed by atoms with E-state index in [4.69, 9.17) is 4.74 Å². The van der Waals surface area contributed by atoms with Gasteiger partial charge in [0.2, 0.25) is 0 Å². The number of ketones is 1. The molecule has 0 bridgehead atoms. The molecule has 0 saturated carbocycles. The first-order chi connectivity index (χ1) is 12.5. The molecule has 0 unspecified atom stereocenters. The molecule has 0 atom stereocenters. The predicted octanol–water partition coefficient (Wildman–Crippen LogP) is 4.66. The predicted molar refractivity (Wildman–Crippen MR) is 94.8 cm³/mol. The van der Waals surface area contributed by atoms with E-state index in [-0.39, 0.29) is 11.5 Å². The summed E-state index contributed by atoms with van der Waals surface area (Å²) in [6, 6.07) is 19.5. The van der Waals surface area contributed by atoms with Crippen molar-refractivity contribution in [1.82, 2.24) is 0 Å². The van der Waals surface area contributed by atoms with Crippen LogP contribution in [-0.2, 0) is 0 Å². The monoisotopic (exact) mass is 351 g/mol. The van der Waals surface area contributed by atoms with Gasteiger partial charge in [-0.2, -0.15) is 0 Å². The van der Waals surface area contributed by atoms with Crippen LogP contribution in [0.2, 0.25) is 0 Å². The molecule has 0 radical (unpaired) electrons. The highest BCUT2D eigenvalue weighted by Gasteiger charge is 2.17. The largest absolute Gasteiger partial charge is 0.478 e. The minimum atomic E-state index is -0.687. The van der Waals surface area contributed by atoms with Gasteiger partial charge < -0.3 is 4.74 Å². The summed E-state index contributed by atoms with van der Waals surface area (Å²) >= 11 is 0. The van der Waals surface area contributed by atoms with Gasteiger partial charge in [-0.05, 0) is 17.2 Å². The topological polar surface area (TPSA) is 69.4 Å². The lowest BCUT2D eigenvalue weighted by molar-refractivity contribution is -0.385. The fraction of sp³-hybridized carbons (Fsp3) is 0.0500. The van der Waals surface area contributed by atoms with Crippen molar-refractivity contribution in [3.8, 4) is 16.9 Å². The molecule has 0 aromatic heterocycles. The Morgan fingerprint density at radius 2 is 1.62 bits per heavy atom. The molecule has 0 aliphatic carbocycles. The Balaban J connectivity index is 1.71. The van der Waals surface area contributed by atoms with Crippen LogP contribution >= 0.6 is 0 Å². The molecule has 3 aromatic carbocycles. The smallest absolute Gasteiger partial charge is 0.311 e. The molecule has 0 N–H and O–H groups in total. The molecule has 130 valence electrons. The van der Waals surface area contributed by atoms with Crippen molar-refractivity contribution in [3.05, 3.63) is 94.3 Å². The van der Waals surface area contributed by atoms with Gasteiger partial charge in [0.15, 0.2) is 18.1 Å². The first-order valence-electron chi connectivity index (χ1n) is 7.80. The van der Waals surface area contributed by atoms with Gasteiger partial charge in [0, 0.05) is 17.7 Å². The number of benzene rings is 3. The zero-order valence-electron chi connectivity index (χ0n) is 13.6. The number of nitrogens with zero attached hydrogens (tertiary/aromatic N) is 1. The van der Waals surface area contributed by atoms with Crippen molar-refractivity contribution in [3.63, 3.8) is 0 Å². The third kappa shape index (κ3) is 3.92. The van der Waals surface area contributed by atoms with Crippen LogP contribution in [0.3, 0.4) is 0 Å². The lowest BCUT2D eigenvalue weighted by Gasteiger charge is -2.07. The van der Waals surface area contributed by atoms with E-state index in [1.54, 1.807) is 12.1 Å². The summed E-state index contributed by atoms with van der Waals surface area (Å²) in [5.41, 5.74) is 2.00. The third-order valence-electron chi connectivity index (χ3n) is 3.79. The molecular weight excluding hydrogens is 337 g/mol. The molecule has 0 spiro atoms. The Kier molecular flexibility index (Phi) is 5.03. The Labute approximate surface area is 148 Å². The van der Waals surface area contributed by atoms with Crippen molar-refractivity contribution in [1.29, 1.82) is 0 Å². The number of ether oxygens (including phenoxy) is 1. The molecule has 3 aromatic rings. The fourth-order valence-electron chi connectivity index (χ4n) is 2.46. The Morgan fingerprint density at radius 3 is 2.27 bits per heavy atom. The van der Waals surface area contributed by atoms with Crippen LogP contribution in [-0.4, -0.2) is 17.3 Å². The normalized spacial score (nSPS) is 10.3. The van der Waals surface area contributed by atoms with Gasteiger partial charge >= 0.3 is 5.69 Å². The summed E-state index contributed by atoms with van der Waals surface area (Å²) < 4.78 is 18.5. The highest BCUT2D eigenvalue weighted by molar-refractivity contribution is 5.97. The van der Waals surface area contributed by atoms with E-state index >= 15 is 0 Å². The zero-order valence-corrected chi connectivity index (χ0v) is 13.6. The lowest BCUT2D eigenvalue weighted by Crippen LogP contribution is -2.12. The lowest BCUT2D eigenvalue weighted by atomic mass is 10.0. The van der Waals surface area contributed by atoms with E-state index in [1.165, 1.54) is 0 Å². The van der Waals surface area contributed by atoms with Crippen molar-refractivity contribution < 1.29 is 18.8 Å². The summed E-state index contributed by atoms with van der Waals surface area (Å²) in [6.45, 7) is -0.422. The molecule has 26 heavy (non-hydrogen) atoms. The summed E-state index contributed by atoms with van der Waals surface area (Å²) in [5.74, 6) is -1.31. The van der Waals surface area contributed by atoms with E-state index in [9.17, 15) is 19.3 Å². The Morgan fingerprint density at radius 1 is 0.962 bits per heavy atom. The average Bonchev–Trinajstić information content (AvgIpc) is 2.66. The van der Waals surface area contributed by atoms with Crippen molar-refractivity contribution in [2.45, 2.75) is 0 Å². The number of rotatable bonds is 6. The van der Waals surface area contributed by atoms with Crippen LogP contribution in [0.15, 0.2) is 72.8 Å². The van der Waals surface area contributed by atoms with Gasteiger partial charge in [0.1, 0.15) is 5.82 Å². The molecule has 0 aliphatic rings. The highest BCUT2D eigenvalue weighted by atomic mass is 19.1. The molecule has 0 aliphatic heterocycles. The molecular formula is C20H14FNO4. The number of halogens is 1. The average molecular weight is 351 g/mol. The van der Waals surface area contributed by atoms with Gasteiger partial charge in [-0.25, -0.2) is 4.39 Å². The first-order valence-corrected chi connectivity index (χ1v) is 7.80. The van der Waals surface area contributed by atoms with E-state index in [0.717, 1.165) is 29.3 Å². The number of nitro benzene ring substituents is 1. The van der Waals surface area contributed by atoms with E-state index in [0.29, 0.717) is 5.56 Å². The van der Waals surface area contributed by atoms with Crippen molar-refractivity contribution in [2.75, 3.05) is 6.61 Å². The number of carbonyl (C=O) groups excluding carboxylic acids is 1. The number of hydrogen-bond acceptors (Lipinski definition) is 4. The maximum Gasteiger partial charge on any atom is 0.311 e. The second kappa shape index (κ2) is 7.57. The van der Waals surface area contributed by atoms with Crippen LogP contribution in [0.25, 0.3) is 11.1 Å². The van der Waals surface area contributed by atoms with Crippen LogP contribution in [0, 0.1) is 15.9 Å². The molecule has 6 heteroatoms. The van der Waals surface area contributed by atoms with Crippen LogP contribution in [0.5, 0.6) is 5.75 Å². The molecule has 0 amide bonds. The van der Waals surface area contributed by atoms with Crippen molar-refractivity contribution in [2.24, 2.45) is 0 Å². The maximum absolute atomic E-state index is 13.3. The van der Waals surface area contributed by atoms with Crippen LogP contribution in [0.1, 0.15) is 10.4 Å². The number of hydrogen-bond donors (Lipinski definition) is 0. The van der Waals surface area contributed by atoms with Gasteiger partial charge in [0.05, 0.1) is 4.92 Å². The quantitative estimate of drug-likeness (QED) is 0.368.